The van der Waals surface area contributed by atoms with Crippen LogP contribution in [0.4, 0.5) is 0 Å². The van der Waals surface area contributed by atoms with Crippen LogP contribution in [0.1, 0.15) is 31.7 Å². The molecule has 1 aliphatic carbocycles. The Bertz CT molecular complexity index is 568. The Balaban J connectivity index is 2.16. The molecule has 1 saturated carbocycles. The van der Waals surface area contributed by atoms with Gasteiger partial charge in [-0.2, -0.15) is 0 Å². The van der Waals surface area contributed by atoms with E-state index in [0.29, 0.717) is 29.7 Å². The molecule has 0 bridgehead atoms. The van der Waals surface area contributed by atoms with Crippen molar-refractivity contribution in [2.45, 2.75) is 43.5 Å². The van der Waals surface area contributed by atoms with E-state index < -0.39 is 10.0 Å². The summed E-state index contributed by atoms with van der Waals surface area (Å²) in [6.07, 6.45) is 3.90. The van der Waals surface area contributed by atoms with Crippen LogP contribution in [-0.4, -0.2) is 34.7 Å². The third-order valence-corrected chi connectivity index (χ3v) is 5.07. The third kappa shape index (κ3) is 4.69. The number of sulfonamides is 1. The van der Waals surface area contributed by atoms with E-state index in [1.54, 1.807) is 19.2 Å². The smallest absolute Gasteiger partial charge is 0.240 e. The second-order valence-corrected chi connectivity index (χ2v) is 7.09. The lowest BCUT2D eigenvalue weighted by Gasteiger charge is -2.13. The monoisotopic (exact) mass is 312 g/mol. The lowest BCUT2D eigenvalue weighted by Crippen LogP contribution is -2.26. The van der Waals surface area contributed by atoms with Crippen molar-refractivity contribution in [3.05, 3.63) is 23.8 Å². The molecular weight excluding hydrogens is 288 g/mol. The molecular formula is C15H24N2O3S. The quantitative estimate of drug-likeness (QED) is 0.728. The summed E-state index contributed by atoms with van der Waals surface area (Å²) < 4.78 is 32.5. The fraction of sp³-hybridized carbons (Fsp3) is 0.600. The Morgan fingerprint density at radius 3 is 2.67 bits per heavy atom. The second kappa shape index (κ2) is 7.24. The van der Waals surface area contributed by atoms with E-state index in [1.807, 2.05) is 13.0 Å². The summed E-state index contributed by atoms with van der Waals surface area (Å²) in [5.41, 5.74) is 0.797. The van der Waals surface area contributed by atoms with Gasteiger partial charge in [0, 0.05) is 12.6 Å². The molecule has 0 aliphatic heterocycles. The molecule has 1 fully saturated rings. The molecule has 0 aromatic heterocycles. The zero-order valence-electron chi connectivity index (χ0n) is 12.7. The van der Waals surface area contributed by atoms with Crippen molar-refractivity contribution in [3.8, 4) is 5.75 Å². The van der Waals surface area contributed by atoms with E-state index in [2.05, 4.69) is 10.0 Å². The van der Waals surface area contributed by atoms with Crippen LogP contribution < -0.4 is 14.8 Å². The molecule has 1 aromatic rings. The van der Waals surface area contributed by atoms with Crippen LogP contribution in [0.15, 0.2) is 23.1 Å². The van der Waals surface area contributed by atoms with Crippen LogP contribution in [0.2, 0.25) is 0 Å². The first-order valence-corrected chi connectivity index (χ1v) is 8.95. The van der Waals surface area contributed by atoms with Crippen molar-refractivity contribution in [1.29, 1.82) is 0 Å². The molecule has 6 heteroatoms. The summed E-state index contributed by atoms with van der Waals surface area (Å²) >= 11 is 0. The Morgan fingerprint density at radius 1 is 1.29 bits per heavy atom. The number of rotatable bonds is 9. The minimum Gasteiger partial charge on any atom is -0.497 e. The van der Waals surface area contributed by atoms with Gasteiger partial charge in [-0.1, -0.05) is 6.92 Å². The van der Waals surface area contributed by atoms with Crippen LogP contribution in [0.3, 0.4) is 0 Å². The minimum atomic E-state index is -3.45. The van der Waals surface area contributed by atoms with Crippen molar-refractivity contribution in [3.63, 3.8) is 0 Å². The molecule has 2 rings (SSSR count). The lowest BCUT2D eigenvalue weighted by molar-refractivity contribution is 0.413. The van der Waals surface area contributed by atoms with Gasteiger partial charge >= 0.3 is 0 Å². The van der Waals surface area contributed by atoms with Gasteiger partial charge in [-0.05, 0) is 56.0 Å². The molecule has 0 amide bonds. The van der Waals surface area contributed by atoms with Crippen molar-refractivity contribution in [2.24, 2.45) is 0 Å². The first-order valence-electron chi connectivity index (χ1n) is 7.46. The molecule has 1 aliphatic rings. The van der Waals surface area contributed by atoms with Crippen LogP contribution in [0.5, 0.6) is 5.75 Å². The van der Waals surface area contributed by atoms with Gasteiger partial charge < -0.3 is 10.1 Å². The highest BCUT2D eigenvalue weighted by atomic mass is 32.2. The molecule has 1 aromatic carbocycles. The van der Waals surface area contributed by atoms with Gasteiger partial charge in [0.15, 0.2) is 0 Å². The number of hydrogen-bond donors (Lipinski definition) is 2. The lowest BCUT2D eigenvalue weighted by atomic mass is 10.1. The summed E-state index contributed by atoms with van der Waals surface area (Å²) in [5, 5.41) is 3.41. The first-order chi connectivity index (χ1) is 10.1. The molecule has 0 unspecified atom stereocenters. The molecule has 0 saturated heterocycles. The molecule has 118 valence electrons. The number of ether oxygens (including phenoxy) is 1. The van der Waals surface area contributed by atoms with Crippen molar-refractivity contribution < 1.29 is 13.2 Å². The zero-order valence-corrected chi connectivity index (χ0v) is 13.5. The molecule has 0 radical (unpaired) electrons. The standard InChI is InChI=1S/C15H24N2O3S/c1-3-9-17-21(18,19)15-7-6-14(20-2)11-12(15)8-10-16-13-4-5-13/h6-7,11,13,16-17H,3-5,8-10H2,1-2H3. The molecule has 0 atom stereocenters. The predicted octanol–water partition coefficient (Wildman–Crippen LogP) is 1.68. The number of hydrogen-bond acceptors (Lipinski definition) is 4. The van der Waals surface area contributed by atoms with E-state index in [4.69, 9.17) is 4.74 Å². The van der Waals surface area contributed by atoms with Gasteiger partial charge in [-0.15, -0.1) is 0 Å². The van der Waals surface area contributed by atoms with Crippen LogP contribution >= 0.6 is 0 Å². The van der Waals surface area contributed by atoms with Crippen LogP contribution in [0, 0.1) is 0 Å². The maximum atomic E-state index is 12.3. The number of benzene rings is 1. The largest absolute Gasteiger partial charge is 0.497 e. The summed E-state index contributed by atoms with van der Waals surface area (Å²) in [5.74, 6) is 0.686. The van der Waals surface area contributed by atoms with E-state index in [0.717, 1.165) is 18.5 Å². The number of methoxy groups -OCH3 is 1. The van der Waals surface area contributed by atoms with Gasteiger partial charge in [0.2, 0.25) is 10.0 Å². The summed E-state index contributed by atoms with van der Waals surface area (Å²) in [7, 11) is -1.86. The fourth-order valence-corrected chi connectivity index (χ4v) is 3.53. The molecule has 0 heterocycles. The molecule has 0 spiro atoms. The highest BCUT2D eigenvalue weighted by Gasteiger charge is 2.21. The Hall–Kier alpha value is -1.11. The topological polar surface area (TPSA) is 67.4 Å². The Kier molecular flexibility index (Phi) is 5.61. The normalized spacial score (nSPS) is 15.1. The van der Waals surface area contributed by atoms with E-state index in [-0.39, 0.29) is 0 Å². The average molecular weight is 312 g/mol. The molecule has 21 heavy (non-hydrogen) atoms. The van der Waals surface area contributed by atoms with Gasteiger partial charge in [0.25, 0.3) is 0 Å². The first kappa shape index (κ1) is 16.3. The highest BCUT2D eigenvalue weighted by molar-refractivity contribution is 7.89. The summed E-state index contributed by atoms with van der Waals surface area (Å²) in [6, 6.07) is 5.75. The summed E-state index contributed by atoms with van der Waals surface area (Å²) in [4.78, 5) is 0.356. The third-order valence-electron chi connectivity index (χ3n) is 3.50. The van der Waals surface area contributed by atoms with Gasteiger partial charge in [-0.3, -0.25) is 0 Å². The van der Waals surface area contributed by atoms with Gasteiger partial charge in [-0.25, -0.2) is 13.1 Å². The Morgan fingerprint density at radius 2 is 2.05 bits per heavy atom. The van der Waals surface area contributed by atoms with Crippen molar-refractivity contribution in [1.82, 2.24) is 10.0 Å². The number of nitrogens with one attached hydrogen (secondary N) is 2. The maximum absolute atomic E-state index is 12.3. The van der Waals surface area contributed by atoms with Gasteiger partial charge in [0.1, 0.15) is 5.75 Å². The van der Waals surface area contributed by atoms with Gasteiger partial charge in [0.05, 0.1) is 12.0 Å². The minimum absolute atomic E-state index is 0.356. The van der Waals surface area contributed by atoms with Crippen LogP contribution in [0.25, 0.3) is 0 Å². The molecule has 5 nitrogen and oxygen atoms in total. The van der Waals surface area contributed by atoms with E-state index >= 15 is 0 Å². The second-order valence-electron chi connectivity index (χ2n) is 5.35. The summed E-state index contributed by atoms with van der Waals surface area (Å²) in [6.45, 7) is 3.18. The zero-order chi connectivity index (χ0) is 15.3. The van der Waals surface area contributed by atoms with E-state index in [9.17, 15) is 8.42 Å². The van der Waals surface area contributed by atoms with E-state index in [1.165, 1.54) is 12.8 Å². The maximum Gasteiger partial charge on any atom is 0.240 e. The van der Waals surface area contributed by atoms with Crippen molar-refractivity contribution >= 4 is 10.0 Å². The predicted molar refractivity (Wildman–Crippen MR) is 83.2 cm³/mol. The average Bonchev–Trinajstić information content (AvgIpc) is 3.29. The molecule has 2 N–H and O–H groups in total. The highest BCUT2D eigenvalue weighted by Crippen LogP contribution is 2.23. The SMILES string of the molecule is CCCNS(=O)(=O)c1ccc(OC)cc1CCNC1CC1. The fourth-order valence-electron chi connectivity index (χ4n) is 2.15. The van der Waals surface area contributed by atoms with Crippen molar-refractivity contribution in [2.75, 3.05) is 20.2 Å². The Labute approximate surface area is 127 Å². The van der Waals surface area contributed by atoms with Crippen LogP contribution in [-0.2, 0) is 16.4 Å².